The monoisotopic (exact) mass is 284 g/mol. The van der Waals surface area contributed by atoms with Crippen LogP contribution < -0.4 is 10.6 Å². The lowest BCUT2D eigenvalue weighted by Crippen LogP contribution is -2.48. The van der Waals surface area contributed by atoms with Crippen LogP contribution in [0.4, 0.5) is 0 Å². The van der Waals surface area contributed by atoms with Gasteiger partial charge in [0, 0.05) is 5.54 Å². The SMILES string of the molecule is CC(C)(C)NC(=O)CNC(=O)C1CCCCC1C(=O)O. The van der Waals surface area contributed by atoms with Crippen LogP contribution in [0, 0.1) is 11.8 Å². The highest BCUT2D eigenvalue weighted by Crippen LogP contribution is 2.30. The van der Waals surface area contributed by atoms with Gasteiger partial charge in [0.2, 0.25) is 11.8 Å². The fraction of sp³-hybridized carbons (Fsp3) is 0.786. The highest BCUT2D eigenvalue weighted by Gasteiger charge is 2.35. The number of carbonyl (C=O) groups is 3. The molecule has 0 aromatic heterocycles. The summed E-state index contributed by atoms with van der Waals surface area (Å²) in [5.74, 6) is -2.68. The van der Waals surface area contributed by atoms with Crippen molar-refractivity contribution in [2.45, 2.75) is 52.0 Å². The van der Waals surface area contributed by atoms with E-state index in [1.54, 1.807) is 0 Å². The Labute approximate surface area is 119 Å². The molecular weight excluding hydrogens is 260 g/mol. The number of amides is 2. The second-order valence-corrected chi connectivity index (χ2v) is 6.35. The summed E-state index contributed by atoms with van der Waals surface area (Å²) in [4.78, 5) is 34.8. The van der Waals surface area contributed by atoms with Gasteiger partial charge in [-0.2, -0.15) is 0 Å². The molecule has 6 nitrogen and oxygen atoms in total. The second kappa shape index (κ2) is 6.72. The summed E-state index contributed by atoms with van der Waals surface area (Å²) in [7, 11) is 0. The third kappa shape index (κ3) is 5.19. The topological polar surface area (TPSA) is 95.5 Å². The molecule has 3 N–H and O–H groups in total. The molecule has 0 aromatic carbocycles. The normalized spacial score (nSPS) is 22.9. The number of rotatable bonds is 4. The maximum Gasteiger partial charge on any atom is 0.307 e. The van der Waals surface area contributed by atoms with Crippen LogP contribution in [0.15, 0.2) is 0 Å². The van der Waals surface area contributed by atoms with Crippen molar-refractivity contribution in [3.05, 3.63) is 0 Å². The molecule has 0 spiro atoms. The molecule has 1 fully saturated rings. The predicted molar refractivity (Wildman–Crippen MR) is 74.0 cm³/mol. The summed E-state index contributed by atoms with van der Waals surface area (Å²) in [5, 5.41) is 14.4. The summed E-state index contributed by atoms with van der Waals surface area (Å²) in [6.45, 7) is 5.45. The largest absolute Gasteiger partial charge is 0.481 e. The Morgan fingerprint density at radius 1 is 1.10 bits per heavy atom. The maximum atomic E-state index is 12.0. The van der Waals surface area contributed by atoms with Crippen LogP contribution in [0.1, 0.15) is 46.5 Å². The number of aliphatic carboxylic acids is 1. The highest BCUT2D eigenvalue weighted by atomic mass is 16.4. The molecule has 1 aliphatic rings. The molecule has 0 radical (unpaired) electrons. The van der Waals surface area contributed by atoms with E-state index in [4.69, 9.17) is 5.11 Å². The summed E-state index contributed by atoms with van der Waals surface area (Å²) in [5.41, 5.74) is -0.351. The molecule has 0 aromatic rings. The van der Waals surface area contributed by atoms with E-state index in [2.05, 4.69) is 10.6 Å². The molecule has 2 unspecified atom stereocenters. The van der Waals surface area contributed by atoms with E-state index in [1.807, 2.05) is 20.8 Å². The molecule has 1 saturated carbocycles. The molecule has 0 heterocycles. The van der Waals surface area contributed by atoms with Gasteiger partial charge in [0.1, 0.15) is 0 Å². The average molecular weight is 284 g/mol. The van der Waals surface area contributed by atoms with Crippen molar-refractivity contribution in [1.82, 2.24) is 10.6 Å². The van der Waals surface area contributed by atoms with Gasteiger partial charge in [0.05, 0.1) is 18.4 Å². The standard InChI is InChI=1S/C14H24N2O4/c1-14(2,3)16-11(17)8-15-12(18)9-6-4-5-7-10(9)13(19)20/h9-10H,4-8H2,1-3H3,(H,15,18)(H,16,17)(H,19,20). The van der Waals surface area contributed by atoms with Gasteiger partial charge in [0.15, 0.2) is 0 Å². The fourth-order valence-electron chi connectivity index (χ4n) is 2.50. The number of carbonyl (C=O) groups excluding carboxylic acids is 2. The molecule has 1 rings (SSSR count). The van der Waals surface area contributed by atoms with E-state index >= 15 is 0 Å². The summed E-state index contributed by atoms with van der Waals surface area (Å²) in [6, 6.07) is 0. The first-order valence-electron chi connectivity index (χ1n) is 7.02. The Morgan fingerprint density at radius 3 is 2.15 bits per heavy atom. The minimum Gasteiger partial charge on any atom is -0.481 e. The summed E-state index contributed by atoms with van der Waals surface area (Å²) < 4.78 is 0. The smallest absolute Gasteiger partial charge is 0.307 e. The Hall–Kier alpha value is -1.59. The van der Waals surface area contributed by atoms with Gasteiger partial charge in [-0.3, -0.25) is 14.4 Å². The second-order valence-electron chi connectivity index (χ2n) is 6.35. The third-order valence-corrected chi connectivity index (χ3v) is 3.36. The highest BCUT2D eigenvalue weighted by molar-refractivity contribution is 5.88. The molecule has 0 bridgehead atoms. The van der Waals surface area contributed by atoms with E-state index in [-0.39, 0.29) is 23.9 Å². The van der Waals surface area contributed by atoms with Gasteiger partial charge in [-0.25, -0.2) is 0 Å². The van der Waals surface area contributed by atoms with E-state index in [9.17, 15) is 14.4 Å². The lowest BCUT2D eigenvalue weighted by atomic mass is 9.79. The molecule has 6 heteroatoms. The van der Waals surface area contributed by atoms with Crippen LogP contribution in [0.3, 0.4) is 0 Å². The van der Waals surface area contributed by atoms with Crippen molar-refractivity contribution in [2.75, 3.05) is 6.54 Å². The number of carboxylic acids is 1. The molecule has 114 valence electrons. The van der Waals surface area contributed by atoms with Crippen molar-refractivity contribution in [3.8, 4) is 0 Å². The lowest BCUT2D eigenvalue weighted by Gasteiger charge is -2.27. The average Bonchev–Trinajstić information content (AvgIpc) is 2.33. The Balaban J connectivity index is 2.49. The Bertz CT molecular complexity index is 387. The Morgan fingerprint density at radius 2 is 1.65 bits per heavy atom. The summed E-state index contributed by atoms with van der Waals surface area (Å²) >= 11 is 0. The number of carboxylic acid groups (broad SMARTS) is 1. The van der Waals surface area contributed by atoms with Crippen LogP contribution >= 0.6 is 0 Å². The van der Waals surface area contributed by atoms with Gasteiger partial charge >= 0.3 is 5.97 Å². The van der Waals surface area contributed by atoms with Crippen LogP contribution in [-0.4, -0.2) is 35.0 Å². The molecule has 2 amide bonds. The zero-order valence-electron chi connectivity index (χ0n) is 12.4. The predicted octanol–water partition coefficient (Wildman–Crippen LogP) is 0.908. The zero-order chi connectivity index (χ0) is 15.3. The van der Waals surface area contributed by atoms with Crippen molar-refractivity contribution < 1.29 is 19.5 Å². The third-order valence-electron chi connectivity index (χ3n) is 3.36. The van der Waals surface area contributed by atoms with Gasteiger partial charge < -0.3 is 15.7 Å². The minimum absolute atomic E-state index is 0.112. The fourth-order valence-corrected chi connectivity index (χ4v) is 2.50. The Kier molecular flexibility index (Phi) is 5.53. The molecule has 0 saturated heterocycles. The van der Waals surface area contributed by atoms with Crippen molar-refractivity contribution in [2.24, 2.45) is 11.8 Å². The zero-order valence-corrected chi connectivity index (χ0v) is 12.4. The van der Waals surface area contributed by atoms with E-state index in [0.29, 0.717) is 12.8 Å². The van der Waals surface area contributed by atoms with Crippen molar-refractivity contribution in [3.63, 3.8) is 0 Å². The number of nitrogens with one attached hydrogen (secondary N) is 2. The molecular formula is C14H24N2O4. The van der Waals surface area contributed by atoms with Crippen molar-refractivity contribution >= 4 is 17.8 Å². The van der Waals surface area contributed by atoms with Crippen LogP contribution in [0.2, 0.25) is 0 Å². The quantitative estimate of drug-likeness (QED) is 0.715. The number of hydrogen-bond donors (Lipinski definition) is 3. The maximum absolute atomic E-state index is 12.0. The van der Waals surface area contributed by atoms with E-state index in [0.717, 1.165) is 12.8 Å². The van der Waals surface area contributed by atoms with Gasteiger partial charge in [-0.1, -0.05) is 12.8 Å². The van der Waals surface area contributed by atoms with Gasteiger partial charge in [-0.05, 0) is 33.6 Å². The lowest BCUT2D eigenvalue weighted by molar-refractivity contribution is -0.149. The first-order valence-corrected chi connectivity index (χ1v) is 7.02. The molecule has 0 aliphatic heterocycles. The number of hydrogen-bond acceptors (Lipinski definition) is 3. The van der Waals surface area contributed by atoms with Crippen LogP contribution in [0.5, 0.6) is 0 Å². The summed E-state index contributed by atoms with van der Waals surface area (Å²) in [6.07, 6.45) is 2.80. The van der Waals surface area contributed by atoms with Crippen LogP contribution in [-0.2, 0) is 14.4 Å². The van der Waals surface area contributed by atoms with E-state index < -0.39 is 17.8 Å². The molecule has 1 aliphatic carbocycles. The first kappa shape index (κ1) is 16.5. The van der Waals surface area contributed by atoms with Gasteiger partial charge in [0.25, 0.3) is 0 Å². The van der Waals surface area contributed by atoms with E-state index in [1.165, 1.54) is 0 Å². The first-order chi connectivity index (χ1) is 9.20. The minimum atomic E-state index is -0.927. The molecule has 2 atom stereocenters. The molecule has 20 heavy (non-hydrogen) atoms. The van der Waals surface area contributed by atoms with Gasteiger partial charge in [-0.15, -0.1) is 0 Å². The van der Waals surface area contributed by atoms with Crippen molar-refractivity contribution in [1.29, 1.82) is 0 Å². The van der Waals surface area contributed by atoms with Crippen LogP contribution in [0.25, 0.3) is 0 Å².